The van der Waals surface area contributed by atoms with Crippen molar-refractivity contribution in [1.29, 1.82) is 0 Å². The first-order valence-corrected chi connectivity index (χ1v) is 9.39. The third-order valence-corrected chi connectivity index (χ3v) is 5.16. The second-order valence-corrected chi connectivity index (χ2v) is 7.16. The summed E-state index contributed by atoms with van der Waals surface area (Å²) in [6.45, 7) is 0. The molecule has 132 valence electrons. The van der Waals surface area contributed by atoms with E-state index in [9.17, 15) is 9.59 Å². The predicted molar refractivity (Wildman–Crippen MR) is 115 cm³/mol. The number of anilines is 1. The highest BCUT2D eigenvalue weighted by molar-refractivity contribution is 14.1. The molecule has 0 radical (unpaired) electrons. The van der Waals surface area contributed by atoms with E-state index in [4.69, 9.17) is 4.42 Å². The molecule has 5 heteroatoms. The average molecular weight is 467 g/mol. The molecule has 4 rings (SSSR count). The molecule has 1 N–H and O–H groups in total. The number of fused-ring (bicyclic) bond motifs is 1. The topological polar surface area (TPSA) is 59.3 Å². The molecular weight excluding hydrogens is 453 g/mol. The first-order chi connectivity index (χ1) is 13.1. The fourth-order valence-corrected chi connectivity index (χ4v) is 3.34. The minimum Gasteiger partial charge on any atom is -0.422 e. The first-order valence-electron chi connectivity index (χ1n) is 8.31. The summed E-state index contributed by atoms with van der Waals surface area (Å²) in [7, 11) is 0. The van der Waals surface area contributed by atoms with Gasteiger partial charge in [-0.3, -0.25) is 4.79 Å². The number of amides is 1. The van der Waals surface area contributed by atoms with Crippen LogP contribution in [0.3, 0.4) is 0 Å². The number of hydrogen-bond donors (Lipinski definition) is 1. The van der Waals surface area contributed by atoms with Crippen molar-refractivity contribution in [2.75, 3.05) is 5.32 Å². The second-order valence-electron chi connectivity index (χ2n) is 6.00. The van der Waals surface area contributed by atoms with Gasteiger partial charge in [0.2, 0.25) is 0 Å². The van der Waals surface area contributed by atoms with Crippen LogP contribution in [0.5, 0.6) is 0 Å². The molecule has 1 heterocycles. The lowest BCUT2D eigenvalue weighted by Gasteiger charge is -2.08. The molecule has 0 aliphatic carbocycles. The molecule has 27 heavy (non-hydrogen) atoms. The summed E-state index contributed by atoms with van der Waals surface area (Å²) in [5, 5.41) is 3.75. The normalized spacial score (nSPS) is 10.7. The van der Waals surface area contributed by atoms with Crippen molar-refractivity contribution in [3.05, 3.63) is 98.4 Å². The average Bonchev–Trinajstić information content (AvgIpc) is 2.69. The van der Waals surface area contributed by atoms with Gasteiger partial charge in [0.15, 0.2) is 0 Å². The third kappa shape index (κ3) is 3.64. The van der Waals surface area contributed by atoms with E-state index in [1.807, 2.05) is 48.5 Å². The minimum absolute atomic E-state index is 0.198. The molecule has 0 saturated carbocycles. The van der Waals surface area contributed by atoms with Crippen molar-refractivity contribution in [2.24, 2.45) is 0 Å². The summed E-state index contributed by atoms with van der Waals surface area (Å²) in [4.78, 5) is 24.7. The molecule has 4 nitrogen and oxygen atoms in total. The zero-order valence-corrected chi connectivity index (χ0v) is 16.3. The van der Waals surface area contributed by atoms with E-state index in [-0.39, 0.29) is 5.91 Å². The Kier molecular flexibility index (Phi) is 4.77. The summed E-state index contributed by atoms with van der Waals surface area (Å²) in [5.74, 6) is -0.198. The van der Waals surface area contributed by atoms with Crippen LogP contribution >= 0.6 is 22.6 Å². The van der Waals surface area contributed by atoms with Gasteiger partial charge in [0.1, 0.15) is 5.58 Å². The van der Waals surface area contributed by atoms with Gasteiger partial charge in [0.05, 0.1) is 11.3 Å². The lowest BCUT2D eigenvalue weighted by Crippen LogP contribution is -2.12. The maximum atomic E-state index is 12.5. The molecule has 1 amide bonds. The first kappa shape index (κ1) is 17.5. The quantitative estimate of drug-likeness (QED) is 0.328. The van der Waals surface area contributed by atoms with Crippen molar-refractivity contribution in [3.63, 3.8) is 0 Å². The zero-order valence-electron chi connectivity index (χ0n) is 14.1. The van der Waals surface area contributed by atoms with Gasteiger partial charge < -0.3 is 9.73 Å². The Morgan fingerprint density at radius 2 is 1.59 bits per heavy atom. The number of carbonyl (C=O) groups is 1. The number of nitrogens with one attached hydrogen (secondary N) is 1. The lowest BCUT2D eigenvalue weighted by molar-refractivity contribution is 0.102. The summed E-state index contributed by atoms with van der Waals surface area (Å²) in [6.07, 6.45) is 0. The number of hydrogen-bond acceptors (Lipinski definition) is 3. The largest absolute Gasteiger partial charge is 0.422 e. The van der Waals surface area contributed by atoms with Gasteiger partial charge in [-0.1, -0.05) is 42.5 Å². The van der Waals surface area contributed by atoms with Crippen LogP contribution < -0.4 is 10.9 Å². The fourth-order valence-electron chi connectivity index (χ4n) is 2.82. The maximum absolute atomic E-state index is 12.5. The predicted octanol–water partition coefficient (Wildman–Crippen LogP) is 5.32. The summed E-state index contributed by atoms with van der Waals surface area (Å²) in [5.41, 5.74) is 2.62. The highest BCUT2D eigenvalue weighted by Gasteiger charge is 2.11. The Hall–Kier alpha value is -2.93. The number of rotatable bonds is 3. The van der Waals surface area contributed by atoms with Gasteiger partial charge in [-0.25, -0.2) is 4.79 Å². The van der Waals surface area contributed by atoms with E-state index in [0.717, 1.165) is 14.6 Å². The maximum Gasteiger partial charge on any atom is 0.344 e. The van der Waals surface area contributed by atoms with Gasteiger partial charge in [-0.2, -0.15) is 0 Å². The molecule has 0 saturated heterocycles. The molecule has 0 bridgehead atoms. The van der Waals surface area contributed by atoms with E-state index >= 15 is 0 Å². The molecule has 0 aliphatic rings. The summed E-state index contributed by atoms with van der Waals surface area (Å²) >= 11 is 2.18. The third-order valence-electron chi connectivity index (χ3n) is 4.22. The van der Waals surface area contributed by atoms with E-state index < -0.39 is 5.63 Å². The molecule has 0 fully saturated rings. The van der Waals surface area contributed by atoms with Crippen LogP contribution in [0.1, 0.15) is 10.4 Å². The fraction of sp³-hybridized carbons (Fsp3) is 0. The molecule has 3 aromatic carbocycles. The smallest absolute Gasteiger partial charge is 0.344 e. The van der Waals surface area contributed by atoms with Crippen molar-refractivity contribution < 1.29 is 9.21 Å². The molecule has 4 aromatic rings. The van der Waals surface area contributed by atoms with Crippen LogP contribution in [0.25, 0.3) is 22.1 Å². The Morgan fingerprint density at radius 3 is 2.37 bits per heavy atom. The van der Waals surface area contributed by atoms with Crippen LogP contribution in [-0.2, 0) is 0 Å². The molecule has 1 aromatic heterocycles. The van der Waals surface area contributed by atoms with E-state index in [1.54, 1.807) is 30.3 Å². The number of carbonyl (C=O) groups excluding carboxylic acids is 1. The van der Waals surface area contributed by atoms with Gasteiger partial charge in [0.25, 0.3) is 5.91 Å². The van der Waals surface area contributed by atoms with Crippen molar-refractivity contribution >= 4 is 45.2 Å². The van der Waals surface area contributed by atoms with Crippen molar-refractivity contribution in [3.8, 4) is 11.1 Å². The summed E-state index contributed by atoms with van der Waals surface area (Å²) in [6, 6.07) is 23.7. The number of para-hydroxylation sites is 2. The zero-order chi connectivity index (χ0) is 18.8. The Labute approximate surface area is 169 Å². The summed E-state index contributed by atoms with van der Waals surface area (Å²) < 4.78 is 6.35. The second kappa shape index (κ2) is 7.36. The van der Waals surface area contributed by atoms with Crippen LogP contribution in [-0.4, -0.2) is 5.91 Å². The Morgan fingerprint density at radius 1 is 0.889 bits per heavy atom. The van der Waals surface area contributed by atoms with Crippen LogP contribution in [0.2, 0.25) is 0 Å². The van der Waals surface area contributed by atoms with Crippen LogP contribution in [0.15, 0.2) is 88.1 Å². The molecular formula is C22H14INO3. The van der Waals surface area contributed by atoms with E-state index in [0.29, 0.717) is 22.3 Å². The highest BCUT2D eigenvalue weighted by atomic mass is 127. The number of halogens is 1. The van der Waals surface area contributed by atoms with Gasteiger partial charge >= 0.3 is 5.63 Å². The number of benzene rings is 3. The molecule has 0 atom stereocenters. The molecule has 0 aliphatic heterocycles. The standard InChI is InChI=1S/C22H14INO3/c23-18-6-2-3-7-19(18)24-21(25)15-11-9-14(10-12-15)17-13-16-5-1-4-8-20(16)27-22(17)26/h1-13H,(H,24,25). The van der Waals surface area contributed by atoms with Gasteiger partial charge in [-0.05, 0) is 64.6 Å². The van der Waals surface area contributed by atoms with E-state index in [1.165, 1.54) is 0 Å². The molecule has 0 spiro atoms. The van der Waals surface area contributed by atoms with Crippen molar-refractivity contribution in [1.82, 2.24) is 0 Å². The Bertz CT molecular complexity index is 1200. The van der Waals surface area contributed by atoms with E-state index in [2.05, 4.69) is 27.9 Å². The van der Waals surface area contributed by atoms with Crippen LogP contribution in [0.4, 0.5) is 5.69 Å². The van der Waals surface area contributed by atoms with Crippen LogP contribution in [0, 0.1) is 3.57 Å². The van der Waals surface area contributed by atoms with Crippen molar-refractivity contribution in [2.45, 2.75) is 0 Å². The lowest BCUT2D eigenvalue weighted by atomic mass is 10.0. The SMILES string of the molecule is O=C(Nc1ccccc1I)c1ccc(-c2cc3ccccc3oc2=O)cc1. The molecule has 0 unspecified atom stereocenters. The minimum atomic E-state index is -0.398. The monoisotopic (exact) mass is 467 g/mol. The van der Waals surface area contributed by atoms with Gasteiger partial charge in [0, 0.05) is 14.5 Å². The van der Waals surface area contributed by atoms with Gasteiger partial charge in [-0.15, -0.1) is 0 Å². The Balaban J connectivity index is 1.63. The highest BCUT2D eigenvalue weighted by Crippen LogP contribution is 2.22.